The van der Waals surface area contributed by atoms with Crippen molar-refractivity contribution in [1.82, 2.24) is 5.32 Å². The Balaban J connectivity index is 4.04. The fraction of sp³-hybridized carbons (Fsp3) is 0.923. The van der Waals surface area contributed by atoms with Crippen LogP contribution in [-0.2, 0) is 4.79 Å². The van der Waals surface area contributed by atoms with Gasteiger partial charge in [-0.25, -0.2) is 0 Å². The van der Waals surface area contributed by atoms with Gasteiger partial charge in [-0.05, 0) is 24.8 Å². The molecule has 16 heavy (non-hydrogen) atoms. The van der Waals surface area contributed by atoms with Gasteiger partial charge in [-0.15, -0.1) is 0 Å². The van der Waals surface area contributed by atoms with E-state index >= 15 is 0 Å². The largest absolute Gasteiger partial charge is 0.353 e. The summed E-state index contributed by atoms with van der Waals surface area (Å²) in [5.74, 6) is 0.168. The summed E-state index contributed by atoms with van der Waals surface area (Å²) in [7, 11) is 0. The van der Waals surface area contributed by atoms with Crippen molar-refractivity contribution < 1.29 is 4.79 Å². The maximum atomic E-state index is 11.7. The van der Waals surface area contributed by atoms with Gasteiger partial charge in [0.2, 0.25) is 5.91 Å². The van der Waals surface area contributed by atoms with Crippen molar-refractivity contribution in [3.8, 4) is 0 Å². The van der Waals surface area contributed by atoms with Crippen LogP contribution in [-0.4, -0.2) is 18.5 Å². The summed E-state index contributed by atoms with van der Waals surface area (Å²) in [5.41, 5.74) is 5.66. The van der Waals surface area contributed by atoms with Gasteiger partial charge in [-0.2, -0.15) is 0 Å². The van der Waals surface area contributed by atoms with Crippen molar-refractivity contribution in [3.63, 3.8) is 0 Å². The van der Waals surface area contributed by atoms with Crippen LogP contribution in [0.25, 0.3) is 0 Å². The van der Waals surface area contributed by atoms with E-state index in [1.807, 2.05) is 0 Å². The number of carbonyl (C=O) groups excluding carboxylic acids is 1. The van der Waals surface area contributed by atoms with Crippen LogP contribution in [0.1, 0.15) is 59.8 Å². The lowest BCUT2D eigenvalue weighted by Gasteiger charge is -2.31. The Morgan fingerprint density at radius 2 is 1.94 bits per heavy atom. The second kappa shape index (κ2) is 7.66. The first-order chi connectivity index (χ1) is 7.41. The van der Waals surface area contributed by atoms with Gasteiger partial charge in [0.1, 0.15) is 0 Å². The standard InChI is InChI=1S/C13H28N2O/c1-5-6-7-8-12(16)15-11(9-10-14)13(2,3)4/h11H,5-10,14H2,1-4H3,(H,15,16). The number of unbranched alkanes of at least 4 members (excludes halogenated alkanes) is 2. The van der Waals surface area contributed by atoms with Gasteiger partial charge in [0, 0.05) is 12.5 Å². The van der Waals surface area contributed by atoms with E-state index in [0.717, 1.165) is 25.7 Å². The van der Waals surface area contributed by atoms with Gasteiger partial charge in [-0.1, -0.05) is 40.5 Å². The lowest BCUT2D eigenvalue weighted by Crippen LogP contribution is -2.44. The summed E-state index contributed by atoms with van der Waals surface area (Å²) < 4.78 is 0. The van der Waals surface area contributed by atoms with Crippen molar-refractivity contribution in [2.24, 2.45) is 11.1 Å². The van der Waals surface area contributed by atoms with Crippen LogP contribution in [0.4, 0.5) is 0 Å². The molecule has 0 aromatic heterocycles. The molecule has 0 aliphatic carbocycles. The minimum Gasteiger partial charge on any atom is -0.353 e. The third-order valence-electron chi connectivity index (χ3n) is 2.84. The lowest BCUT2D eigenvalue weighted by atomic mass is 9.84. The predicted molar refractivity (Wildman–Crippen MR) is 69.2 cm³/mol. The van der Waals surface area contributed by atoms with Crippen molar-refractivity contribution in [2.75, 3.05) is 6.54 Å². The summed E-state index contributed by atoms with van der Waals surface area (Å²) >= 11 is 0. The van der Waals surface area contributed by atoms with E-state index < -0.39 is 0 Å². The Kier molecular flexibility index (Phi) is 7.39. The van der Waals surface area contributed by atoms with E-state index in [0.29, 0.717) is 13.0 Å². The molecule has 1 atom stereocenters. The molecule has 0 aromatic rings. The normalized spacial score (nSPS) is 13.6. The zero-order valence-corrected chi connectivity index (χ0v) is 11.3. The highest BCUT2D eigenvalue weighted by atomic mass is 16.1. The van der Waals surface area contributed by atoms with E-state index in [4.69, 9.17) is 5.73 Å². The summed E-state index contributed by atoms with van der Waals surface area (Å²) in [6.07, 6.45) is 4.76. The van der Waals surface area contributed by atoms with Crippen molar-refractivity contribution in [1.29, 1.82) is 0 Å². The molecule has 0 radical (unpaired) electrons. The highest BCUT2D eigenvalue weighted by Gasteiger charge is 2.24. The Labute approximate surface area is 100 Å². The van der Waals surface area contributed by atoms with Crippen LogP contribution in [0.15, 0.2) is 0 Å². The van der Waals surface area contributed by atoms with E-state index in [2.05, 4.69) is 33.0 Å². The molecule has 0 aliphatic rings. The Morgan fingerprint density at radius 3 is 2.38 bits per heavy atom. The number of hydrogen-bond donors (Lipinski definition) is 2. The van der Waals surface area contributed by atoms with Gasteiger partial charge >= 0.3 is 0 Å². The monoisotopic (exact) mass is 228 g/mol. The Bertz CT molecular complexity index is 197. The predicted octanol–water partition coefficient (Wildman–Crippen LogP) is 2.45. The van der Waals surface area contributed by atoms with Crippen molar-refractivity contribution in [3.05, 3.63) is 0 Å². The topological polar surface area (TPSA) is 55.1 Å². The minimum absolute atomic E-state index is 0.0831. The third kappa shape index (κ3) is 6.83. The van der Waals surface area contributed by atoms with E-state index in [9.17, 15) is 4.79 Å². The SMILES string of the molecule is CCCCCC(=O)NC(CCN)C(C)(C)C. The zero-order chi connectivity index (χ0) is 12.6. The molecule has 3 N–H and O–H groups in total. The van der Waals surface area contributed by atoms with Gasteiger partial charge in [0.25, 0.3) is 0 Å². The molecule has 1 amide bonds. The highest BCUT2D eigenvalue weighted by molar-refractivity contribution is 5.76. The molecule has 0 fully saturated rings. The third-order valence-corrected chi connectivity index (χ3v) is 2.84. The summed E-state index contributed by atoms with van der Waals surface area (Å²) in [6, 6.07) is 0.187. The molecule has 3 heteroatoms. The lowest BCUT2D eigenvalue weighted by molar-refractivity contribution is -0.122. The molecular weight excluding hydrogens is 200 g/mol. The zero-order valence-electron chi connectivity index (χ0n) is 11.3. The summed E-state index contributed by atoms with van der Waals surface area (Å²) in [4.78, 5) is 11.7. The molecule has 0 aliphatic heterocycles. The number of carbonyl (C=O) groups is 1. The average molecular weight is 228 g/mol. The molecule has 0 spiro atoms. The molecule has 96 valence electrons. The van der Waals surface area contributed by atoms with Gasteiger partial charge in [-0.3, -0.25) is 4.79 Å². The van der Waals surface area contributed by atoms with Crippen molar-refractivity contribution in [2.45, 2.75) is 65.8 Å². The number of amides is 1. The molecule has 0 rings (SSSR count). The second-order valence-electron chi connectivity index (χ2n) is 5.52. The molecule has 0 heterocycles. The Hall–Kier alpha value is -0.570. The van der Waals surface area contributed by atoms with Crippen LogP contribution in [0.3, 0.4) is 0 Å². The van der Waals surface area contributed by atoms with Crippen LogP contribution in [0, 0.1) is 5.41 Å². The number of nitrogens with one attached hydrogen (secondary N) is 1. The van der Waals surface area contributed by atoms with Crippen molar-refractivity contribution >= 4 is 5.91 Å². The second-order valence-corrected chi connectivity index (χ2v) is 5.52. The number of nitrogens with two attached hydrogens (primary N) is 1. The quantitative estimate of drug-likeness (QED) is 0.658. The fourth-order valence-corrected chi connectivity index (χ4v) is 1.69. The number of hydrogen-bond acceptors (Lipinski definition) is 2. The van der Waals surface area contributed by atoms with E-state index in [1.165, 1.54) is 0 Å². The number of rotatable bonds is 7. The molecule has 0 bridgehead atoms. The maximum absolute atomic E-state index is 11.7. The average Bonchev–Trinajstić information content (AvgIpc) is 2.16. The first-order valence-corrected chi connectivity index (χ1v) is 6.41. The highest BCUT2D eigenvalue weighted by Crippen LogP contribution is 2.21. The maximum Gasteiger partial charge on any atom is 0.220 e. The van der Waals surface area contributed by atoms with Gasteiger partial charge < -0.3 is 11.1 Å². The van der Waals surface area contributed by atoms with Gasteiger partial charge in [0.15, 0.2) is 0 Å². The van der Waals surface area contributed by atoms with Crippen LogP contribution in [0.5, 0.6) is 0 Å². The molecular formula is C13H28N2O. The molecule has 0 saturated heterocycles. The van der Waals surface area contributed by atoms with Gasteiger partial charge in [0.05, 0.1) is 0 Å². The van der Waals surface area contributed by atoms with E-state index in [1.54, 1.807) is 0 Å². The van der Waals surface area contributed by atoms with Crippen LogP contribution < -0.4 is 11.1 Å². The molecule has 0 saturated carbocycles. The summed E-state index contributed by atoms with van der Waals surface area (Å²) in [5, 5.41) is 3.10. The Morgan fingerprint density at radius 1 is 1.31 bits per heavy atom. The minimum atomic E-state index is 0.0831. The molecule has 3 nitrogen and oxygen atoms in total. The molecule has 0 aromatic carbocycles. The van der Waals surface area contributed by atoms with Crippen LogP contribution >= 0.6 is 0 Å². The van der Waals surface area contributed by atoms with E-state index in [-0.39, 0.29) is 17.4 Å². The summed E-state index contributed by atoms with van der Waals surface area (Å²) in [6.45, 7) is 9.18. The molecule has 1 unspecified atom stereocenters. The first-order valence-electron chi connectivity index (χ1n) is 6.41. The van der Waals surface area contributed by atoms with Crippen LogP contribution in [0.2, 0.25) is 0 Å². The first kappa shape index (κ1) is 15.4. The fourth-order valence-electron chi connectivity index (χ4n) is 1.69. The smallest absolute Gasteiger partial charge is 0.220 e.